The van der Waals surface area contributed by atoms with Gasteiger partial charge in [-0.05, 0) is 44.9 Å². The van der Waals surface area contributed by atoms with Gasteiger partial charge in [0.2, 0.25) is 0 Å². The van der Waals surface area contributed by atoms with Crippen molar-refractivity contribution < 1.29 is 0 Å². The third kappa shape index (κ3) is 3.38. The van der Waals surface area contributed by atoms with E-state index in [2.05, 4.69) is 50.7 Å². The topological polar surface area (TPSA) is 17.0 Å². The van der Waals surface area contributed by atoms with Crippen LogP contribution in [-0.4, -0.2) is 17.2 Å². The maximum Gasteiger partial charge on any atom is 0.0175 e. The van der Waals surface area contributed by atoms with Crippen molar-refractivity contribution in [3.63, 3.8) is 0 Å². The third-order valence-electron chi connectivity index (χ3n) is 3.06. The van der Waals surface area contributed by atoms with E-state index in [0.717, 1.165) is 6.54 Å². The quantitative estimate of drug-likeness (QED) is 0.736. The molecule has 0 spiro atoms. The van der Waals surface area contributed by atoms with E-state index >= 15 is 0 Å². The van der Waals surface area contributed by atoms with Gasteiger partial charge in [-0.2, -0.15) is 0 Å². The Morgan fingerprint density at radius 1 is 1.33 bits per heavy atom. The number of nitrogens with one attached hydrogen (secondary N) is 1. The SMILES string of the molecule is Cc1cc(CCCNC(C)C)c(C)n1C. The van der Waals surface area contributed by atoms with Gasteiger partial charge in [0.15, 0.2) is 0 Å². The Morgan fingerprint density at radius 2 is 2.00 bits per heavy atom. The second-order valence-corrected chi connectivity index (χ2v) is 4.67. The predicted octanol–water partition coefficient (Wildman–Crippen LogP) is 2.57. The summed E-state index contributed by atoms with van der Waals surface area (Å²) in [5.41, 5.74) is 4.27. The van der Waals surface area contributed by atoms with Gasteiger partial charge in [-0.1, -0.05) is 13.8 Å². The summed E-state index contributed by atoms with van der Waals surface area (Å²) in [6.07, 6.45) is 2.41. The molecule has 86 valence electrons. The lowest BCUT2D eigenvalue weighted by atomic mass is 10.1. The zero-order valence-electron chi connectivity index (χ0n) is 10.7. The highest BCUT2D eigenvalue weighted by Gasteiger charge is 2.05. The number of hydrogen-bond donors (Lipinski definition) is 1. The van der Waals surface area contributed by atoms with E-state index in [1.54, 1.807) is 0 Å². The highest BCUT2D eigenvalue weighted by atomic mass is 14.9. The molecule has 1 aromatic heterocycles. The van der Waals surface area contributed by atoms with Crippen LogP contribution in [0.25, 0.3) is 0 Å². The maximum absolute atomic E-state index is 3.45. The molecular weight excluding hydrogens is 184 g/mol. The summed E-state index contributed by atoms with van der Waals surface area (Å²) in [5.74, 6) is 0. The molecular formula is C13H24N2. The number of aromatic nitrogens is 1. The number of aryl methyl sites for hydroxylation is 2. The zero-order chi connectivity index (χ0) is 11.4. The Hall–Kier alpha value is -0.760. The van der Waals surface area contributed by atoms with Gasteiger partial charge in [-0.3, -0.25) is 0 Å². The molecule has 1 heterocycles. The monoisotopic (exact) mass is 208 g/mol. The first-order valence-corrected chi connectivity index (χ1v) is 5.87. The van der Waals surface area contributed by atoms with Gasteiger partial charge >= 0.3 is 0 Å². The molecule has 0 radical (unpaired) electrons. The van der Waals surface area contributed by atoms with E-state index in [1.165, 1.54) is 29.8 Å². The third-order valence-corrected chi connectivity index (χ3v) is 3.06. The van der Waals surface area contributed by atoms with Gasteiger partial charge in [-0.15, -0.1) is 0 Å². The van der Waals surface area contributed by atoms with Crippen molar-refractivity contribution in [2.24, 2.45) is 7.05 Å². The fraction of sp³-hybridized carbons (Fsp3) is 0.692. The minimum absolute atomic E-state index is 0.601. The van der Waals surface area contributed by atoms with Crippen LogP contribution < -0.4 is 5.32 Å². The van der Waals surface area contributed by atoms with Crippen LogP contribution in [0.15, 0.2) is 6.07 Å². The molecule has 0 amide bonds. The molecule has 0 saturated carbocycles. The highest BCUT2D eigenvalue weighted by molar-refractivity contribution is 5.26. The molecule has 0 aliphatic heterocycles. The average Bonchev–Trinajstić information content (AvgIpc) is 2.41. The van der Waals surface area contributed by atoms with Gasteiger partial charge in [-0.25, -0.2) is 0 Å². The van der Waals surface area contributed by atoms with Gasteiger partial charge in [0.05, 0.1) is 0 Å². The van der Waals surface area contributed by atoms with E-state index < -0.39 is 0 Å². The second-order valence-electron chi connectivity index (χ2n) is 4.67. The lowest BCUT2D eigenvalue weighted by Gasteiger charge is -2.07. The molecule has 1 aromatic rings. The van der Waals surface area contributed by atoms with Crippen molar-refractivity contribution in [1.82, 2.24) is 9.88 Å². The summed E-state index contributed by atoms with van der Waals surface area (Å²) < 4.78 is 2.27. The maximum atomic E-state index is 3.45. The van der Waals surface area contributed by atoms with Gasteiger partial charge in [0.25, 0.3) is 0 Å². The van der Waals surface area contributed by atoms with Crippen LogP contribution in [0.4, 0.5) is 0 Å². The van der Waals surface area contributed by atoms with E-state index in [0.29, 0.717) is 6.04 Å². The van der Waals surface area contributed by atoms with E-state index in [9.17, 15) is 0 Å². The summed E-state index contributed by atoms with van der Waals surface area (Å²) >= 11 is 0. The molecule has 0 atom stereocenters. The molecule has 0 fully saturated rings. The fourth-order valence-corrected chi connectivity index (χ4v) is 1.86. The summed E-state index contributed by atoms with van der Waals surface area (Å²) in [5, 5.41) is 3.45. The summed E-state index contributed by atoms with van der Waals surface area (Å²) in [4.78, 5) is 0. The molecule has 1 rings (SSSR count). The first-order valence-electron chi connectivity index (χ1n) is 5.87. The van der Waals surface area contributed by atoms with Crippen molar-refractivity contribution in [3.05, 3.63) is 23.0 Å². The number of hydrogen-bond acceptors (Lipinski definition) is 1. The lowest BCUT2D eigenvalue weighted by Crippen LogP contribution is -2.23. The molecule has 0 aliphatic carbocycles. The van der Waals surface area contributed by atoms with Crippen LogP contribution in [-0.2, 0) is 13.5 Å². The molecule has 0 unspecified atom stereocenters. The predicted molar refractivity (Wildman–Crippen MR) is 66.3 cm³/mol. The molecule has 0 saturated heterocycles. The Morgan fingerprint density at radius 3 is 2.47 bits per heavy atom. The van der Waals surface area contributed by atoms with Crippen LogP contribution in [0.3, 0.4) is 0 Å². The smallest absolute Gasteiger partial charge is 0.0175 e. The van der Waals surface area contributed by atoms with Crippen molar-refractivity contribution in [2.75, 3.05) is 6.54 Å². The summed E-state index contributed by atoms with van der Waals surface area (Å²) in [7, 11) is 2.14. The molecule has 15 heavy (non-hydrogen) atoms. The van der Waals surface area contributed by atoms with Crippen LogP contribution in [0.2, 0.25) is 0 Å². The zero-order valence-corrected chi connectivity index (χ0v) is 10.7. The lowest BCUT2D eigenvalue weighted by molar-refractivity contribution is 0.570. The molecule has 0 aromatic carbocycles. The Bertz CT molecular complexity index is 311. The van der Waals surface area contributed by atoms with Crippen LogP contribution in [0, 0.1) is 13.8 Å². The first kappa shape index (κ1) is 12.3. The van der Waals surface area contributed by atoms with Crippen molar-refractivity contribution in [2.45, 2.75) is 46.6 Å². The fourth-order valence-electron chi connectivity index (χ4n) is 1.86. The molecule has 1 N–H and O–H groups in total. The first-order chi connectivity index (χ1) is 7.02. The standard InChI is InChI=1S/C13H24N2/c1-10(2)14-8-6-7-13-9-11(3)15(5)12(13)4/h9-10,14H,6-8H2,1-5H3. The molecule has 0 bridgehead atoms. The number of nitrogens with zero attached hydrogens (tertiary/aromatic N) is 1. The molecule has 0 aliphatic rings. The Balaban J connectivity index is 2.41. The van der Waals surface area contributed by atoms with Crippen LogP contribution >= 0.6 is 0 Å². The van der Waals surface area contributed by atoms with Gasteiger partial charge < -0.3 is 9.88 Å². The summed E-state index contributed by atoms with van der Waals surface area (Å²) in [6.45, 7) is 9.88. The molecule has 2 heteroatoms. The minimum Gasteiger partial charge on any atom is -0.352 e. The Labute approximate surface area is 93.7 Å². The highest BCUT2D eigenvalue weighted by Crippen LogP contribution is 2.14. The molecule has 2 nitrogen and oxygen atoms in total. The van der Waals surface area contributed by atoms with E-state index in [4.69, 9.17) is 0 Å². The van der Waals surface area contributed by atoms with E-state index in [1.807, 2.05) is 0 Å². The summed E-state index contributed by atoms with van der Waals surface area (Å²) in [6, 6.07) is 2.91. The largest absolute Gasteiger partial charge is 0.352 e. The average molecular weight is 208 g/mol. The second kappa shape index (κ2) is 5.36. The van der Waals surface area contributed by atoms with Gasteiger partial charge in [0.1, 0.15) is 0 Å². The van der Waals surface area contributed by atoms with E-state index in [-0.39, 0.29) is 0 Å². The Kier molecular flexibility index (Phi) is 4.40. The number of rotatable bonds is 5. The van der Waals surface area contributed by atoms with Crippen molar-refractivity contribution in [3.8, 4) is 0 Å². The van der Waals surface area contributed by atoms with Crippen molar-refractivity contribution in [1.29, 1.82) is 0 Å². The minimum atomic E-state index is 0.601. The van der Waals surface area contributed by atoms with Crippen LogP contribution in [0.1, 0.15) is 37.2 Å². The normalized spacial score (nSPS) is 11.3. The van der Waals surface area contributed by atoms with Gasteiger partial charge in [0, 0.05) is 24.5 Å². The van der Waals surface area contributed by atoms with Crippen molar-refractivity contribution >= 4 is 0 Å². The van der Waals surface area contributed by atoms with Crippen LogP contribution in [0.5, 0.6) is 0 Å².